The lowest BCUT2D eigenvalue weighted by Gasteiger charge is -2.20. The first-order valence-electron chi connectivity index (χ1n) is 18.0. The fourth-order valence-electron chi connectivity index (χ4n) is 5.37. The Balaban J connectivity index is 0.000000276. The van der Waals surface area contributed by atoms with Crippen molar-refractivity contribution in [2.75, 3.05) is 22.5 Å². The maximum Gasteiger partial charge on any atom is 0.421 e. The molecule has 2 aromatic heterocycles. The maximum absolute atomic E-state index is 12.8. The number of nitrogens with zero attached hydrogens (tertiary/aromatic N) is 4. The first-order valence-corrected chi connectivity index (χ1v) is 18.0. The average molecular weight is 737 g/mol. The van der Waals surface area contributed by atoms with Crippen LogP contribution in [0.15, 0.2) is 85.2 Å². The molecule has 0 bridgehead atoms. The zero-order valence-electron chi connectivity index (χ0n) is 32.2. The monoisotopic (exact) mass is 736 g/mol. The van der Waals surface area contributed by atoms with Crippen molar-refractivity contribution in [2.24, 2.45) is 0 Å². The summed E-state index contributed by atoms with van der Waals surface area (Å²) in [6.45, 7) is 12.9. The molecule has 13 heteroatoms. The number of nitrogen functional groups attached to an aromatic ring is 3. The number of carbonyl (C=O) groups is 3. The number of ether oxygens (including phenoxy) is 2. The van der Waals surface area contributed by atoms with E-state index >= 15 is 0 Å². The fraction of sp³-hybridized carbons (Fsp3) is 0.341. The first kappa shape index (κ1) is 40.7. The summed E-state index contributed by atoms with van der Waals surface area (Å²) >= 11 is 0. The number of hydrogen-bond donors (Lipinski definition) is 4. The van der Waals surface area contributed by atoms with Gasteiger partial charge in [-0.2, -0.15) is 0 Å². The molecular weight excluding hydrogens is 685 g/mol. The van der Waals surface area contributed by atoms with Crippen molar-refractivity contribution in [3.8, 4) is 22.5 Å². The van der Waals surface area contributed by atoms with Gasteiger partial charge in [0.2, 0.25) is 11.9 Å². The molecule has 1 amide bonds. The van der Waals surface area contributed by atoms with Crippen LogP contribution in [0.25, 0.3) is 22.5 Å². The molecule has 5 rings (SSSR count). The number of nitrogens with two attached hydrogens (primary N) is 3. The summed E-state index contributed by atoms with van der Waals surface area (Å²) < 4.78 is 13.2. The molecule has 3 aromatic carbocycles. The van der Waals surface area contributed by atoms with E-state index < -0.39 is 23.4 Å². The summed E-state index contributed by atoms with van der Waals surface area (Å²) in [6, 6.07) is 22.1. The van der Waals surface area contributed by atoms with E-state index in [9.17, 15) is 14.4 Å². The highest BCUT2D eigenvalue weighted by Crippen LogP contribution is 2.27. The van der Waals surface area contributed by atoms with E-state index in [4.69, 9.17) is 26.7 Å². The molecule has 0 spiro atoms. The van der Waals surface area contributed by atoms with Crippen LogP contribution in [0.2, 0.25) is 0 Å². The number of amides is 1. The van der Waals surface area contributed by atoms with Gasteiger partial charge in [-0.05, 0) is 96.3 Å². The van der Waals surface area contributed by atoms with Gasteiger partial charge in [0.15, 0.2) is 0 Å². The highest BCUT2D eigenvalue weighted by atomic mass is 16.6. The number of anilines is 4. The molecule has 13 nitrogen and oxygen atoms in total. The van der Waals surface area contributed by atoms with Crippen LogP contribution in [0.4, 0.5) is 32.9 Å². The van der Waals surface area contributed by atoms with Gasteiger partial charge in [0, 0.05) is 28.1 Å². The van der Waals surface area contributed by atoms with Crippen LogP contribution in [-0.4, -0.2) is 48.4 Å². The van der Waals surface area contributed by atoms with E-state index in [0.29, 0.717) is 33.9 Å². The van der Waals surface area contributed by atoms with Crippen molar-refractivity contribution in [3.63, 3.8) is 0 Å². The third-order valence-corrected chi connectivity index (χ3v) is 7.86. The Kier molecular flexibility index (Phi) is 13.3. The van der Waals surface area contributed by atoms with Gasteiger partial charge in [0.25, 0.3) is 5.91 Å². The molecule has 0 atom stereocenters. The third kappa shape index (κ3) is 11.4. The lowest BCUT2D eigenvalue weighted by Crippen LogP contribution is -2.28. The molecule has 0 saturated heterocycles. The number of imidazole rings is 2. The topological polar surface area (TPSA) is 195 Å². The number of rotatable bonds is 9. The van der Waals surface area contributed by atoms with Gasteiger partial charge in [0.1, 0.15) is 11.2 Å². The highest BCUT2D eigenvalue weighted by molar-refractivity contribution is 6.04. The van der Waals surface area contributed by atoms with Gasteiger partial charge in [-0.3, -0.25) is 4.79 Å². The zero-order valence-corrected chi connectivity index (χ0v) is 32.2. The number of aryl methyl sites for hydroxylation is 1. The molecule has 0 aliphatic rings. The number of hydrogen-bond acceptors (Lipinski definition) is 10. The number of aromatic nitrogens is 4. The molecule has 0 saturated carbocycles. The smallest absolute Gasteiger partial charge is 0.421 e. The van der Waals surface area contributed by atoms with E-state index in [1.807, 2.05) is 36.4 Å². The number of nitrogens with one attached hydrogen (secondary N) is 1. The van der Waals surface area contributed by atoms with Crippen LogP contribution in [0, 0.1) is 0 Å². The van der Waals surface area contributed by atoms with Gasteiger partial charge in [-0.25, -0.2) is 28.7 Å². The van der Waals surface area contributed by atoms with Gasteiger partial charge in [0.05, 0.1) is 23.8 Å². The van der Waals surface area contributed by atoms with Crippen molar-refractivity contribution in [3.05, 3.63) is 96.3 Å². The second-order valence-electron chi connectivity index (χ2n) is 14.8. The molecule has 286 valence electrons. The summed E-state index contributed by atoms with van der Waals surface area (Å²) in [5.74, 6) is -0.0833. The predicted octanol–water partition coefficient (Wildman–Crippen LogP) is 8.79. The normalized spacial score (nSPS) is 11.3. The van der Waals surface area contributed by atoms with E-state index in [-0.39, 0.29) is 17.8 Å². The van der Waals surface area contributed by atoms with Crippen LogP contribution in [0.1, 0.15) is 90.1 Å². The zero-order chi connectivity index (χ0) is 39.6. The minimum absolute atomic E-state index is 0.0356. The Morgan fingerprint density at radius 1 is 0.685 bits per heavy atom. The van der Waals surface area contributed by atoms with E-state index in [1.165, 1.54) is 46.4 Å². The summed E-state index contributed by atoms with van der Waals surface area (Å²) in [6.07, 6.45) is 7.75. The van der Waals surface area contributed by atoms with E-state index in [1.54, 1.807) is 77.9 Å². The molecule has 2 heterocycles. The van der Waals surface area contributed by atoms with Crippen molar-refractivity contribution in [2.45, 2.75) is 91.8 Å². The number of benzene rings is 3. The van der Waals surface area contributed by atoms with Gasteiger partial charge >= 0.3 is 12.2 Å². The maximum atomic E-state index is 12.8. The number of unbranched alkanes of at least 4 members (excludes halogenated alkanes) is 3. The van der Waals surface area contributed by atoms with Crippen LogP contribution in [0.5, 0.6) is 0 Å². The molecule has 0 unspecified atom stereocenters. The summed E-state index contributed by atoms with van der Waals surface area (Å²) in [5.41, 5.74) is 21.6. The van der Waals surface area contributed by atoms with E-state index in [2.05, 4.69) is 22.2 Å². The Hall–Kier alpha value is -6.11. The summed E-state index contributed by atoms with van der Waals surface area (Å²) in [7, 11) is 0. The van der Waals surface area contributed by atoms with Crippen LogP contribution < -0.4 is 22.5 Å². The third-order valence-electron chi connectivity index (χ3n) is 7.86. The largest absolute Gasteiger partial charge is 0.443 e. The Labute approximate surface area is 316 Å². The molecule has 0 aliphatic carbocycles. The van der Waals surface area contributed by atoms with Gasteiger partial charge < -0.3 is 32.0 Å². The number of carbonyl (C=O) groups excluding carboxylic acids is 3. The van der Waals surface area contributed by atoms with Gasteiger partial charge in [-0.1, -0.05) is 62.6 Å². The molecule has 7 N–H and O–H groups in total. The second-order valence-corrected chi connectivity index (χ2v) is 14.8. The van der Waals surface area contributed by atoms with Crippen molar-refractivity contribution in [1.29, 1.82) is 0 Å². The fourth-order valence-corrected chi connectivity index (χ4v) is 5.37. The lowest BCUT2D eigenvalue weighted by atomic mass is 10.0. The molecule has 0 fully saturated rings. The van der Waals surface area contributed by atoms with Crippen molar-refractivity contribution in [1.82, 2.24) is 19.1 Å². The second kappa shape index (κ2) is 17.6. The van der Waals surface area contributed by atoms with Crippen molar-refractivity contribution < 1.29 is 23.9 Å². The Morgan fingerprint density at radius 2 is 1.20 bits per heavy atom. The first-order chi connectivity index (χ1) is 25.5. The minimum Gasteiger partial charge on any atom is -0.443 e. The van der Waals surface area contributed by atoms with Crippen LogP contribution >= 0.6 is 0 Å². The molecule has 0 aliphatic heterocycles. The molecule has 0 radical (unpaired) electrons. The molecule has 54 heavy (non-hydrogen) atoms. The summed E-state index contributed by atoms with van der Waals surface area (Å²) in [4.78, 5) is 45.7. The van der Waals surface area contributed by atoms with Crippen LogP contribution in [-0.2, 0) is 15.9 Å². The minimum atomic E-state index is -0.675. The summed E-state index contributed by atoms with van der Waals surface area (Å²) in [5, 5.41) is 2.93. The lowest BCUT2D eigenvalue weighted by molar-refractivity contribution is 0.0531. The standard InChI is InChI=1S/C27H34N4O3.C14H18N4O2/c1-5-6-7-8-10-19-13-15-20(16-14-19)24(32)30-22-12-9-11-21(17-22)23-18-29-25(28)31(23)26(33)34-27(2,3)4;1-14(2,3)20-13(19)18-11(8-17-12(18)16)9-5-4-6-10(15)7-9/h9,11-18H,5-8,10H2,1-4H3,(H2,28,29)(H,30,32);4-8H,15H2,1-3H3,(H2,16,17). The Morgan fingerprint density at radius 3 is 1.70 bits per heavy atom. The molecular formula is C41H52N8O5. The van der Waals surface area contributed by atoms with Crippen LogP contribution in [0.3, 0.4) is 0 Å². The highest BCUT2D eigenvalue weighted by Gasteiger charge is 2.24. The van der Waals surface area contributed by atoms with E-state index in [0.717, 1.165) is 18.4 Å². The Bertz CT molecular complexity index is 2050. The average Bonchev–Trinajstić information content (AvgIpc) is 3.68. The van der Waals surface area contributed by atoms with Gasteiger partial charge in [-0.15, -0.1) is 0 Å². The quantitative estimate of drug-likeness (QED) is 0.0839. The molecule has 5 aromatic rings. The SMILES string of the molecule is CC(C)(C)OC(=O)n1c(-c2cccc(N)c2)cnc1N.CCCCCCc1ccc(C(=O)Nc2cccc(-c3cnc(N)n3C(=O)OC(C)(C)C)c2)cc1. The predicted molar refractivity (Wildman–Crippen MR) is 214 cm³/mol. The van der Waals surface area contributed by atoms with Crippen molar-refractivity contribution >= 4 is 41.4 Å².